The van der Waals surface area contributed by atoms with Crippen molar-refractivity contribution in [1.82, 2.24) is 25.5 Å². The molecule has 0 aliphatic rings. The van der Waals surface area contributed by atoms with E-state index in [0.29, 0.717) is 11.4 Å². The van der Waals surface area contributed by atoms with Crippen molar-refractivity contribution in [1.29, 1.82) is 0 Å². The smallest absolute Gasteiger partial charge is 0.277 e. The van der Waals surface area contributed by atoms with Crippen molar-refractivity contribution in [3.63, 3.8) is 0 Å². The lowest BCUT2D eigenvalue weighted by atomic mass is 10.1. The molecule has 0 saturated carbocycles. The summed E-state index contributed by atoms with van der Waals surface area (Å²) < 4.78 is 0. The van der Waals surface area contributed by atoms with E-state index < -0.39 is 11.5 Å². The lowest BCUT2D eigenvalue weighted by Crippen LogP contribution is -2.30. The van der Waals surface area contributed by atoms with Crippen molar-refractivity contribution in [2.45, 2.75) is 6.54 Å². The van der Waals surface area contributed by atoms with Gasteiger partial charge in [-0.1, -0.05) is 6.07 Å². The van der Waals surface area contributed by atoms with Crippen molar-refractivity contribution < 1.29 is 4.79 Å². The van der Waals surface area contributed by atoms with Gasteiger partial charge in [0.2, 0.25) is 0 Å². The zero-order chi connectivity index (χ0) is 16.1. The third kappa shape index (κ3) is 3.46. The van der Waals surface area contributed by atoms with Gasteiger partial charge in [0.05, 0.1) is 17.9 Å². The van der Waals surface area contributed by atoms with Crippen molar-refractivity contribution >= 4 is 5.91 Å². The zero-order valence-electron chi connectivity index (χ0n) is 12.1. The van der Waals surface area contributed by atoms with Gasteiger partial charge in [-0.3, -0.25) is 19.6 Å². The van der Waals surface area contributed by atoms with Crippen molar-refractivity contribution in [3.05, 3.63) is 76.6 Å². The Hall–Kier alpha value is -3.35. The van der Waals surface area contributed by atoms with E-state index in [-0.39, 0.29) is 12.1 Å². The van der Waals surface area contributed by atoms with Crippen LogP contribution in [0.5, 0.6) is 0 Å². The van der Waals surface area contributed by atoms with Crippen LogP contribution < -0.4 is 10.9 Å². The number of carbonyl (C=O) groups excluding carboxylic acids is 1. The molecule has 0 bridgehead atoms. The molecule has 7 heteroatoms. The van der Waals surface area contributed by atoms with Crippen LogP contribution >= 0.6 is 0 Å². The molecule has 0 aliphatic heterocycles. The highest BCUT2D eigenvalue weighted by Crippen LogP contribution is 2.14. The van der Waals surface area contributed by atoms with Crippen molar-refractivity contribution in [2.75, 3.05) is 0 Å². The molecule has 0 unspecified atom stereocenters. The van der Waals surface area contributed by atoms with Crippen molar-refractivity contribution in [2.24, 2.45) is 0 Å². The molecule has 0 atom stereocenters. The van der Waals surface area contributed by atoms with Gasteiger partial charge in [0.1, 0.15) is 5.56 Å². The molecule has 0 spiro atoms. The Morgan fingerprint density at radius 2 is 1.96 bits per heavy atom. The number of rotatable bonds is 4. The highest BCUT2D eigenvalue weighted by molar-refractivity contribution is 5.94. The van der Waals surface area contributed by atoms with E-state index >= 15 is 0 Å². The zero-order valence-corrected chi connectivity index (χ0v) is 12.1. The number of carbonyl (C=O) groups is 1. The Balaban J connectivity index is 1.81. The molecule has 3 aromatic rings. The number of amides is 1. The maximum atomic E-state index is 12.2. The van der Waals surface area contributed by atoms with Gasteiger partial charge in [0.25, 0.3) is 11.5 Å². The van der Waals surface area contributed by atoms with Gasteiger partial charge in [0.15, 0.2) is 0 Å². The second-order valence-electron chi connectivity index (χ2n) is 4.74. The van der Waals surface area contributed by atoms with E-state index in [1.165, 1.54) is 6.07 Å². The molecule has 3 aromatic heterocycles. The van der Waals surface area contributed by atoms with Crippen LogP contribution in [0.4, 0.5) is 0 Å². The van der Waals surface area contributed by atoms with E-state index in [9.17, 15) is 9.59 Å². The molecule has 0 aliphatic carbocycles. The summed E-state index contributed by atoms with van der Waals surface area (Å²) in [6, 6.07) is 10.4. The minimum absolute atomic E-state index is 0.00254. The quantitative estimate of drug-likeness (QED) is 0.753. The number of nitrogens with zero attached hydrogens (tertiary/aromatic N) is 3. The standard InChI is InChI=1S/C16H13N5O2/c22-15(19-10-12-3-1-2-6-18-12)13-9-14(20-21-16(13)23)11-4-7-17-8-5-11/h1-9H,10H2,(H,19,22)(H,21,23). The highest BCUT2D eigenvalue weighted by atomic mass is 16.2. The van der Waals surface area contributed by atoms with E-state index in [1.807, 2.05) is 6.07 Å². The van der Waals surface area contributed by atoms with Crippen LogP contribution in [-0.2, 0) is 6.54 Å². The lowest BCUT2D eigenvalue weighted by Gasteiger charge is -2.05. The fourth-order valence-corrected chi connectivity index (χ4v) is 2.01. The van der Waals surface area contributed by atoms with Gasteiger partial charge in [0, 0.05) is 24.2 Å². The first-order valence-electron chi connectivity index (χ1n) is 6.92. The summed E-state index contributed by atoms with van der Waals surface area (Å²) in [5.41, 5.74) is 1.43. The Morgan fingerprint density at radius 1 is 1.13 bits per heavy atom. The Kier molecular flexibility index (Phi) is 4.19. The molecule has 114 valence electrons. The molecule has 3 rings (SSSR count). The molecule has 0 radical (unpaired) electrons. The predicted molar refractivity (Wildman–Crippen MR) is 83.5 cm³/mol. The Morgan fingerprint density at radius 3 is 2.70 bits per heavy atom. The maximum absolute atomic E-state index is 12.2. The van der Waals surface area contributed by atoms with Crippen LogP contribution in [0.25, 0.3) is 11.3 Å². The predicted octanol–water partition coefficient (Wildman–Crippen LogP) is 1.16. The first-order chi connectivity index (χ1) is 11.2. The minimum atomic E-state index is -0.540. The van der Waals surface area contributed by atoms with Gasteiger partial charge in [-0.2, -0.15) is 5.10 Å². The molecule has 2 N–H and O–H groups in total. The minimum Gasteiger partial charge on any atom is -0.346 e. The van der Waals surface area contributed by atoms with Gasteiger partial charge >= 0.3 is 0 Å². The lowest BCUT2D eigenvalue weighted by molar-refractivity contribution is 0.0948. The van der Waals surface area contributed by atoms with Crippen LogP contribution in [0.1, 0.15) is 16.1 Å². The molecule has 0 saturated heterocycles. The van der Waals surface area contributed by atoms with E-state index in [0.717, 1.165) is 5.56 Å². The first kappa shape index (κ1) is 14.6. The molecular weight excluding hydrogens is 294 g/mol. The second kappa shape index (κ2) is 6.61. The summed E-state index contributed by atoms with van der Waals surface area (Å²) in [4.78, 5) is 32.1. The molecule has 3 heterocycles. The molecule has 7 nitrogen and oxygen atoms in total. The van der Waals surface area contributed by atoms with E-state index in [2.05, 4.69) is 25.5 Å². The molecular formula is C16H13N5O2. The average molecular weight is 307 g/mol. The van der Waals surface area contributed by atoms with Gasteiger partial charge in [-0.15, -0.1) is 0 Å². The topological polar surface area (TPSA) is 101 Å². The third-order valence-corrected chi connectivity index (χ3v) is 3.18. The number of aromatic nitrogens is 4. The summed E-state index contributed by atoms with van der Waals surface area (Å²) in [6.07, 6.45) is 4.87. The van der Waals surface area contributed by atoms with Crippen molar-refractivity contribution in [3.8, 4) is 11.3 Å². The number of hydrogen-bond acceptors (Lipinski definition) is 5. The number of pyridine rings is 2. The van der Waals surface area contributed by atoms with Gasteiger partial charge in [-0.05, 0) is 30.3 Å². The molecule has 1 amide bonds. The summed E-state index contributed by atoms with van der Waals surface area (Å²) in [5, 5.41) is 8.97. The first-order valence-corrected chi connectivity index (χ1v) is 6.92. The number of H-pyrrole nitrogens is 1. The van der Waals surface area contributed by atoms with Crippen LogP contribution in [0.15, 0.2) is 59.8 Å². The monoisotopic (exact) mass is 307 g/mol. The maximum Gasteiger partial charge on any atom is 0.277 e. The van der Waals surface area contributed by atoms with E-state index in [1.54, 1.807) is 42.9 Å². The molecule has 0 aromatic carbocycles. The van der Waals surface area contributed by atoms with Gasteiger partial charge < -0.3 is 5.32 Å². The SMILES string of the molecule is O=C(NCc1ccccn1)c1cc(-c2ccncc2)n[nH]c1=O. The number of aromatic amines is 1. The van der Waals surface area contributed by atoms with Crippen LogP contribution in [0.3, 0.4) is 0 Å². The second-order valence-corrected chi connectivity index (χ2v) is 4.74. The summed E-state index contributed by atoms with van der Waals surface area (Å²) in [6.45, 7) is 0.242. The summed E-state index contributed by atoms with van der Waals surface area (Å²) in [7, 11) is 0. The van der Waals surface area contributed by atoms with E-state index in [4.69, 9.17) is 0 Å². The number of hydrogen-bond donors (Lipinski definition) is 2. The largest absolute Gasteiger partial charge is 0.346 e. The molecule has 23 heavy (non-hydrogen) atoms. The number of nitrogens with one attached hydrogen (secondary N) is 2. The van der Waals surface area contributed by atoms with Crippen LogP contribution in [0.2, 0.25) is 0 Å². The third-order valence-electron chi connectivity index (χ3n) is 3.18. The summed E-state index contributed by atoms with van der Waals surface area (Å²) >= 11 is 0. The fraction of sp³-hybridized carbons (Fsp3) is 0.0625. The normalized spacial score (nSPS) is 10.3. The Labute approximate surface area is 131 Å². The van der Waals surface area contributed by atoms with Gasteiger partial charge in [-0.25, -0.2) is 5.10 Å². The highest BCUT2D eigenvalue weighted by Gasteiger charge is 2.13. The molecule has 0 fully saturated rings. The fourth-order valence-electron chi connectivity index (χ4n) is 2.01. The average Bonchev–Trinajstić information content (AvgIpc) is 2.62. The van der Waals surface area contributed by atoms with Crippen LogP contribution in [0, 0.1) is 0 Å². The Bertz CT molecular complexity index is 862. The summed E-state index contributed by atoms with van der Waals surface area (Å²) in [5.74, 6) is -0.477. The van der Waals surface area contributed by atoms with Crippen LogP contribution in [-0.4, -0.2) is 26.1 Å².